The topological polar surface area (TPSA) is 157 Å². The molecule has 2 heterocycles. The first kappa shape index (κ1) is 24.6. The molecule has 12 heteroatoms. The zero-order valence-electron chi connectivity index (χ0n) is 25.7. The van der Waals surface area contributed by atoms with Gasteiger partial charge < -0.3 is 39.9 Å². The largest absolute Gasteiger partial charge is 0.479 e. The van der Waals surface area contributed by atoms with Crippen LogP contribution >= 0.6 is 0 Å². The van der Waals surface area contributed by atoms with Crippen LogP contribution in [-0.2, 0) is 14.3 Å². The van der Waals surface area contributed by atoms with Gasteiger partial charge in [-0.05, 0) is 72.4 Å². The molecule has 0 aromatic heterocycles. The number of β-lactam (4-membered cyclic amide) rings is 1. The molecule has 0 aliphatic carbocycles. The van der Waals surface area contributed by atoms with Gasteiger partial charge in [-0.25, -0.2) is 13.6 Å². The fourth-order valence-electron chi connectivity index (χ4n) is 5.09. The maximum atomic E-state index is 14.3. The zero-order valence-corrected chi connectivity index (χ0v) is 21.7. The van der Waals surface area contributed by atoms with Gasteiger partial charge in [0.05, 0.1) is 23.5 Å². The minimum Gasteiger partial charge on any atom is -0.479 e. The maximum Gasteiger partial charge on any atom is 0.335 e. The quantitative estimate of drug-likeness (QED) is 0.237. The van der Waals surface area contributed by atoms with Crippen LogP contribution in [0.3, 0.4) is 0 Å². The normalized spacial score (nSPS) is 29.5. The van der Waals surface area contributed by atoms with E-state index in [1.54, 1.807) is 0 Å². The smallest absolute Gasteiger partial charge is 0.335 e. The zero-order chi connectivity index (χ0) is 33.6. The molecule has 3 aromatic carbocycles. The molecule has 0 radical (unpaired) electrons. The van der Waals surface area contributed by atoms with Crippen molar-refractivity contribution in [2.45, 2.75) is 55.7 Å². The number of anilines is 1. The predicted molar refractivity (Wildman–Crippen MR) is 142 cm³/mol. The number of ether oxygens (including phenoxy) is 2. The van der Waals surface area contributed by atoms with Gasteiger partial charge in [-0.15, -0.1) is 0 Å². The molecular weight excluding hydrogens is 556 g/mol. The van der Waals surface area contributed by atoms with Crippen LogP contribution < -0.4 is 9.64 Å². The van der Waals surface area contributed by atoms with E-state index in [1.807, 2.05) is 0 Å². The van der Waals surface area contributed by atoms with Gasteiger partial charge in [0, 0.05) is 5.69 Å². The van der Waals surface area contributed by atoms with Crippen LogP contribution in [0.15, 0.2) is 72.7 Å². The van der Waals surface area contributed by atoms with Crippen molar-refractivity contribution in [3.8, 4) is 5.75 Å². The van der Waals surface area contributed by atoms with Crippen molar-refractivity contribution in [3.05, 3.63) is 95.5 Å². The van der Waals surface area contributed by atoms with Crippen molar-refractivity contribution in [1.29, 1.82) is 0 Å². The Labute approximate surface area is 244 Å². The molecule has 0 saturated carbocycles. The molecule has 0 spiro atoms. The highest BCUT2D eigenvalue weighted by Gasteiger charge is 2.49. The number of halogens is 2. The third-order valence-electron chi connectivity index (χ3n) is 7.33. The number of hydrogen-bond donors (Lipinski definition) is 5. The Morgan fingerprint density at radius 1 is 0.952 bits per heavy atom. The van der Waals surface area contributed by atoms with Crippen LogP contribution in [0.25, 0.3) is 0 Å². The minimum absolute atomic E-state index is 0.0204. The Morgan fingerprint density at radius 2 is 1.60 bits per heavy atom. The van der Waals surface area contributed by atoms with Gasteiger partial charge >= 0.3 is 5.97 Å². The summed E-state index contributed by atoms with van der Waals surface area (Å²) < 4.78 is 70.7. The molecule has 2 aliphatic heterocycles. The summed E-state index contributed by atoms with van der Waals surface area (Å²) in [7, 11) is 0. The predicted octanol–water partition coefficient (Wildman–Crippen LogP) is 2.45. The molecule has 5 N–H and O–H groups in total. The first-order valence-corrected chi connectivity index (χ1v) is 12.9. The molecule has 10 nitrogen and oxygen atoms in total. The molecule has 222 valence electrons. The lowest BCUT2D eigenvalue weighted by atomic mass is 9.78. The fourth-order valence-corrected chi connectivity index (χ4v) is 5.09. The van der Waals surface area contributed by atoms with E-state index in [0.717, 1.165) is 4.90 Å². The van der Waals surface area contributed by atoms with Crippen LogP contribution in [0.2, 0.25) is 0 Å². The number of nitrogens with zero attached hydrogens (tertiary/aromatic N) is 1. The summed E-state index contributed by atoms with van der Waals surface area (Å²) in [5, 5.41) is 50.2. The molecule has 1 amide bonds. The van der Waals surface area contributed by atoms with E-state index < -0.39 is 102 Å². The van der Waals surface area contributed by atoms with Gasteiger partial charge in [-0.3, -0.25) is 4.79 Å². The second-order valence-electron chi connectivity index (χ2n) is 9.99. The van der Waals surface area contributed by atoms with Crippen molar-refractivity contribution >= 4 is 17.6 Å². The molecule has 2 saturated heterocycles. The third-order valence-corrected chi connectivity index (χ3v) is 7.33. The number of benzene rings is 3. The first-order chi connectivity index (χ1) is 21.7. The number of rotatable bonds is 9. The van der Waals surface area contributed by atoms with E-state index in [-0.39, 0.29) is 18.6 Å². The van der Waals surface area contributed by atoms with Gasteiger partial charge in [0.1, 0.15) is 35.7 Å². The van der Waals surface area contributed by atoms with Crippen LogP contribution in [0.1, 0.15) is 41.6 Å². The van der Waals surface area contributed by atoms with E-state index in [2.05, 4.69) is 0 Å². The Kier molecular flexibility index (Phi) is 7.11. The molecule has 5 rings (SSSR count). The van der Waals surface area contributed by atoms with Gasteiger partial charge in [0.2, 0.25) is 12.2 Å². The molecule has 0 bridgehead atoms. The van der Waals surface area contributed by atoms with Crippen LogP contribution in [0, 0.1) is 17.6 Å². The second kappa shape index (κ2) is 12.1. The number of carboxylic acid groups (broad SMARTS) is 1. The van der Waals surface area contributed by atoms with E-state index in [4.69, 9.17) is 15.0 Å². The van der Waals surface area contributed by atoms with Gasteiger partial charge in [0.15, 0.2) is 6.10 Å². The summed E-state index contributed by atoms with van der Waals surface area (Å²) in [6.07, 6.45) is -10.1. The standard InChI is InChI=1S/C30H29F2NO9/c31-17-5-1-15(2-6-17)22(34)14-13-21-23(33(28(21)38)19-9-7-18(32)8-10-19)16-3-11-20(12-4-16)41-30-26(37)24(35)25(36)27(42-30)29(39)40/h1-12,21-27,30,34-37H,13-14H2,(H,39,40)/t21-,22+,23-,24-,25+,26?,27?,30-/m1/s1/i7D,8D,9D,10D. The molecule has 2 fully saturated rings. The fraction of sp³-hybridized carbons (Fsp3) is 0.333. The lowest BCUT2D eigenvalue weighted by Gasteiger charge is -2.48. The van der Waals surface area contributed by atoms with Crippen LogP contribution in [0.4, 0.5) is 14.5 Å². The number of carbonyl (C=O) groups excluding carboxylic acids is 1. The monoisotopic (exact) mass is 589 g/mol. The molecule has 2 aliphatic rings. The van der Waals surface area contributed by atoms with Crippen molar-refractivity contribution in [3.63, 3.8) is 0 Å². The lowest BCUT2D eigenvalue weighted by Crippen LogP contribution is -2.61. The highest BCUT2D eigenvalue weighted by molar-refractivity contribution is 6.03. The van der Waals surface area contributed by atoms with Crippen molar-refractivity contribution in [2.75, 3.05) is 4.90 Å². The number of aliphatic hydroxyl groups is 4. The highest BCUT2D eigenvalue weighted by Crippen LogP contribution is 2.46. The Bertz CT molecular complexity index is 1600. The Hall–Kier alpha value is -3.94. The van der Waals surface area contributed by atoms with Gasteiger partial charge in [-0.1, -0.05) is 24.3 Å². The van der Waals surface area contributed by atoms with E-state index in [1.165, 1.54) is 48.5 Å². The number of amides is 1. The summed E-state index contributed by atoms with van der Waals surface area (Å²) in [6.45, 7) is 0. The Morgan fingerprint density at radius 3 is 2.21 bits per heavy atom. The number of aliphatic hydroxyl groups excluding tert-OH is 4. The third kappa shape index (κ3) is 5.85. The molecule has 8 atom stereocenters. The molecule has 3 aromatic rings. The van der Waals surface area contributed by atoms with E-state index >= 15 is 0 Å². The number of carboxylic acids is 1. The summed E-state index contributed by atoms with van der Waals surface area (Å²) in [6, 6.07) is 6.48. The highest BCUT2D eigenvalue weighted by atomic mass is 19.1. The molecule has 42 heavy (non-hydrogen) atoms. The van der Waals surface area contributed by atoms with Crippen molar-refractivity contribution in [1.82, 2.24) is 0 Å². The van der Waals surface area contributed by atoms with Crippen molar-refractivity contribution in [2.24, 2.45) is 5.92 Å². The van der Waals surface area contributed by atoms with Crippen LogP contribution in [0.5, 0.6) is 5.75 Å². The SMILES string of the molecule is [2H]c1c([2H])c(N2C(=O)[C@H](CC[C@H](O)c3ccc(F)cc3)[C@H]2c2ccc(O[C@@H]3OC(C(=O)O)[C@@H](O)[C@@H](O)C3O)cc2)c([2H])c([2H])c1F. The van der Waals surface area contributed by atoms with Crippen LogP contribution in [-0.4, -0.2) is 68.1 Å². The number of carbonyl (C=O) groups is 2. The van der Waals surface area contributed by atoms with Gasteiger partial charge in [0.25, 0.3) is 0 Å². The average molecular weight is 590 g/mol. The Balaban J connectivity index is 1.43. The minimum atomic E-state index is -1.92. The summed E-state index contributed by atoms with van der Waals surface area (Å²) in [4.78, 5) is 25.9. The molecular formula is C30H29F2NO9. The summed E-state index contributed by atoms with van der Waals surface area (Å²) in [5.74, 6) is -4.89. The van der Waals surface area contributed by atoms with E-state index in [0.29, 0.717) is 11.1 Å². The summed E-state index contributed by atoms with van der Waals surface area (Å²) >= 11 is 0. The van der Waals surface area contributed by atoms with Gasteiger partial charge in [-0.2, -0.15) is 0 Å². The van der Waals surface area contributed by atoms with E-state index in [9.17, 15) is 43.9 Å². The lowest BCUT2D eigenvalue weighted by molar-refractivity contribution is -0.271. The first-order valence-electron chi connectivity index (χ1n) is 14.9. The average Bonchev–Trinajstić information content (AvgIpc) is 3.04. The number of aliphatic carboxylic acids is 1. The molecule has 2 unspecified atom stereocenters. The number of hydrogen-bond acceptors (Lipinski definition) is 8. The second-order valence-corrected chi connectivity index (χ2v) is 9.99. The van der Waals surface area contributed by atoms with Crippen molar-refractivity contribution < 1.29 is 58.9 Å². The maximum absolute atomic E-state index is 14.3. The summed E-state index contributed by atoms with van der Waals surface area (Å²) in [5.41, 5.74) is 0.377.